The van der Waals surface area contributed by atoms with Crippen molar-refractivity contribution >= 4 is 33.8 Å². The summed E-state index contributed by atoms with van der Waals surface area (Å²) in [6.07, 6.45) is 0.932. The van der Waals surface area contributed by atoms with Crippen LogP contribution < -0.4 is 5.32 Å². The molecule has 4 nitrogen and oxygen atoms in total. The number of aromatic carboxylic acids is 1. The van der Waals surface area contributed by atoms with Gasteiger partial charge in [0, 0.05) is 9.75 Å². The topological polar surface area (TPSA) is 62.2 Å². The Kier molecular flexibility index (Phi) is 3.98. The summed E-state index contributed by atoms with van der Waals surface area (Å²) in [5.74, 6) is -0.971. The zero-order valence-corrected chi connectivity index (χ0v) is 11.8. The minimum atomic E-state index is -0.971. The molecule has 2 aromatic rings. The van der Waals surface area contributed by atoms with Gasteiger partial charge in [-0.25, -0.2) is 9.78 Å². The number of carboxylic acids is 1. The summed E-state index contributed by atoms with van der Waals surface area (Å²) < 4.78 is 0. The number of hydrogen-bond acceptors (Lipinski definition) is 5. The zero-order chi connectivity index (χ0) is 13.1. The second kappa shape index (κ2) is 5.49. The standard InChI is InChI=1S/C12H14N2O2S2/c1-3-8(9-5-4-6-17-9)13-12-14-10(11(15)16)7(2)18-12/h4-6,8H,3H2,1-2H3,(H,13,14)(H,15,16). The molecule has 0 spiro atoms. The van der Waals surface area contributed by atoms with Crippen molar-refractivity contribution in [2.45, 2.75) is 26.3 Å². The van der Waals surface area contributed by atoms with Crippen LogP contribution in [0.15, 0.2) is 17.5 Å². The lowest BCUT2D eigenvalue weighted by Crippen LogP contribution is -2.08. The molecule has 0 aliphatic carbocycles. The first-order chi connectivity index (χ1) is 8.61. The second-order valence-corrected chi connectivity index (χ2v) is 6.03. The van der Waals surface area contributed by atoms with Crippen LogP contribution in [0.1, 0.15) is 39.6 Å². The van der Waals surface area contributed by atoms with Gasteiger partial charge in [-0.05, 0) is 24.8 Å². The molecule has 0 amide bonds. The predicted octanol–water partition coefficient (Wildman–Crippen LogP) is 3.77. The number of carbonyl (C=O) groups is 1. The molecule has 0 aliphatic rings. The Morgan fingerprint density at radius 3 is 2.89 bits per heavy atom. The van der Waals surface area contributed by atoms with Crippen molar-refractivity contribution in [3.05, 3.63) is 33.0 Å². The number of carboxylic acid groups (broad SMARTS) is 1. The minimum absolute atomic E-state index is 0.142. The van der Waals surface area contributed by atoms with Crippen molar-refractivity contribution in [1.82, 2.24) is 4.98 Å². The molecule has 2 N–H and O–H groups in total. The smallest absolute Gasteiger partial charge is 0.355 e. The lowest BCUT2D eigenvalue weighted by Gasteiger charge is -2.14. The van der Waals surface area contributed by atoms with Gasteiger partial charge in [0.25, 0.3) is 0 Å². The molecule has 0 saturated heterocycles. The quantitative estimate of drug-likeness (QED) is 0.876. The maximum atomic E-state index is 10.9. The fourth-order valence-electron chi connectivity index (χ4n) is 1.67. The number of thiophene rings is 1. The predicted molar refractivity (Wildman–Crippen MR) is 74.8 cm³/mol. The first-order valence-electron chi connectivity index (χ1n) is 5.62. The molecular weight excluding hydrogens is 268 g/mol. The van der Waals surface area contributed by atoms with Gasteiger partial charge in [0.05, 0.1) is 6.04 Å². The van der Waals surface area contributed by atoms with Crippen molar-refractivity contribution in [1.29, 1.82) is 0 Å². The van der Waals surface area contributed by atoms with Crippen molar-refractivity contribution in [3.63, 3.8) is 0 Å². The van der Waals surface area contributed by atoms with Crippen LogP contribution in [0.2, 0.25) is 0 Å². The summed E-state index contributed by atoms with van der Waals surface area (Å²) in [4.78, 5) is 17.0. The van der Waals surface area contributed by atoms with E-state index in [9.17, 15) is 4.79 Å². The molecule has 0 saturated carbocycles. The Morgan fingerprint density at radius 2 is 2.39 bits per heavy atom. The number of anilines is 1. The summed E-state index contributed by atoms with van der Waals surface area (Å²) in [6, 6.07) is 4.28. The third-order valence-electron chi connectivity index (χ3n) is 2.59. The second-order valence-electron chi connectivity index (χ2n) is 3.85. The largest absolute Gasteiger partial charge is 0.476 e. The fourth-order valence-corrected chi connectivity index (χ4v) is 3.39. The van der Waals surface area contributed by atoms with Gasteiger partial charge in [-0.3, -0.25) is 0 Å². The van der Waals surface area contributed by atoms with Crippen LogP contribution in [0.5, 0.6) is 0 Å². The normalized spacial score (nSPS) is 12.3. The van der Waals surface area contributed by atoms with Crippen LogP contribution in [-0.4, -0.2) is 16.1 Å². The number of nitrogens with zero attached hydrogens (tertiary/aromatic N) is 1. The molecule has 96 valence electrons. The van der Waals surface area contributed by atoms with Gasteiger partial charge in [-0.2, -0.15) is 0 Å². The third kappa shape index (κ3) is 2.70. The van der Waals surface area contributed by atoms with E-state index in [-0.39, 0.29) is 11.7 Å². The number of thiazole rings is 1. The molecule has 2 rings (SSSR count). The van der Waals surface area contributed by atoms with E-state index < -0.39 is 5.97 Å². The van der Waals surface area contributed by atoms with Gasteiger partial charge in [0.1, 0.15) is 0 Å². The first-order valence-corrected chi connectivity index (χ1v) is 7.32. The highest BCUT2D eigenvalue weighted by molar-refractivity contribution is 7.15. The Morgan fingerprint density at radius 1 is 1.61 bits per heavy atom. The van der Waals surface area contributed by atoms with Crippen LogP contribution in [0.3, 0.4) is 0 Å². The van der Waals surface area contributed by atoms with Crippen LogP contribution in [0, 0.1) is 6.92 Å². The van der Waals surface area contributed by atoms with E-state index in [2.05, 4.69) is 23.3 Å². The van der Waals surface area contributed by atoms with Gasteiger partial charge >= 0.3 is 5.97 Å². The van der Waals surface area contributed by atoms with Crippen molar-refractivity contribution in [3.8, 4) is 0 Å². The number of hydrogen-bond donors (Lipinski definition) is 2. The molecule has 6 heteroatoms. The van der Waals surface area contributed by atoms with Gasteiger partial charge in [-0.1, -0.05) is 13.0 Å². The van der Waals surface area contributed by atoms with E-state index in [1.165, 1.54) is 16.2 Å². The maximum Gasteiger partial charge on any atom is 0.355 e. The molecule has 18 heavy (non-hydrogen) atoms. The van der Waals surface area contributed by atoms with E-state index >= 15 is 0 Å². The molecule has 0 radical (unpaired) electrons. The van der Waals surface area contributed by atoms with E-state index in [0.717, 1.165) is 11.3 Å². The highest BCUT2D eigenvalue weighted by atomic mass is 32.1. The van der Waals surface area contributed by atoms with Crippen molar-refractivity contribution in [2.75, 3.05) is 5.32 Å². The fraction of sp³-hybridized carbons (Fsp3) is 0.333. The molecule has 1 atom stereocenters. The van der Waals surface area contributed by atoms with Crippen LogP contribution in [-0.2, 0) is 0 Å². The zero-order valence-electron chi connectivity index (χ0n) is 10.1. The van der Waals surface area contributed by atoms with Crippen LogP contribution >= 0.6 is 22.7 Å². The van der Waals surface area contributed by atoms with Crippen LogP contribution in [0.4, 0.5) is 5.13 Å². The number of nitrogens with one attached hydrogen (secondary N) is 1. The van der Waals surface area contributed by atoms with Crippen molar-refractivity contribution in [2.24, 2.45) is 0 Å². The Balaban J connectivity index is 2.18. The highest BCUT2D eigenvalue weighted by Crippen LogP contribution is 2.29. The highest BCUT2D eigenvalue weighted by Gasteiger charge is 2.17. The van der Waals surface area contributed by atoms with Crippen LogP contribution in [0.25, 0.3) is 0 Å². The van der Waals surface area contributed by atoms with Gasteiger partial charge in [0.2, 0.25) is 0 Å². The Bertz CT molecular complexity index is 534. The monoisotopic (exact) mass is 282 g/mol. The van der Waals surface area contributed by atoms with Gasteiger partial charge in [-0.15, -0.1) is 22.7 Å². The SMILES string of the molecule is CCC(Nc1nc(C(=O)O)c(C)s1)c1cccs1. The lowest BCUT2D eigenvalue weighted by molar-refractivity contribution is 0.0690. The molecule has 0 aliphatic heterocycles. The summed E-state index contributed by atoms with van der Waals surface area (Å²) in [5, 5.41) is 15.0. The average Bonchev–Trinajstić information content (AvgIpc) is 2.95. The summed E-state index contributed by atoms with van der Waals surface area (Å²) in [5.41, 5.74) is 0.142. The van der Waals surface area contributed by atoms with E-state index in [1.807, 2.05) is 11.4 Å². The summed E-state index contributed by atoms with van der Waals surface area (Å²) in [6.45, 7) is 3.87. The van der Waals surface area contributed by atoms with E-state index in [4.69, 9.17) is 5.11 Å². The number of rotatable bonds is 5. The molecule has 2 heterocycles. The first kappa shape index (κ1) is 13.0. The number of aromatic nitrogens is 1. The molecule has 0 aromatic carbocycles. The van der Waals surface area contributed by atoms with Gasteiger partial charge < -0.3 is 10.4 Å². The van der Waals surface area contributed by atoms with Crippen molar-refractivity contribution < 1.29 is 9.90 Å². The van der Waals surface area contributed by atoms with E-state index in [1.54, 1.807) is 18.3 Å². The third-order valence-corrected chi connectivity index (χ3v) is 4.48. The molecule has 1 unspecified atom stereocenters. The molecule has 0 fully saturated rings. The Hall–Kier alpha value is -1.40. The maximum absolute atomic E-state index is 10.9. The minimum Gasteiger partial charge on any atom is -0.476 e. The summed E-state index contributed by atoms with van der Waals surface area (Å²) in [7, 11) is 0. The molecule has 0 bridgehead atoms. The summed E-state index contributed by atoms with van der Waals surface area (Å²) >= 11 is 3.08. The lowest BCUT2D eigenvalue weighted by atomic mass is 10.2. The number of aryl methyl sites for hydroxylation is 1. The Labute approximate surface area is 113 Å². The average molecular weight is 282 g/mol. The van der Waals surface area contributed by atoms with E-state index in [0.29, 0.717) is 5.13 Å². The molecular formula is C12H14N2O2S2. The molecule has 2 aromatic heterocycles. The van der Waals surface area contributed by atoms with Gasteiger partial charge in [0.15, 0.2) is 10.8 Å².